The molecule has 718 valence electrons. The number of aryl methyl sites for hydroxylation is 2. The van der Waals surface area contributed by atoms with Crippen LogP contribution in [0.3, 0.4) is 0 Å². The van der Waals surface area contributed by atoms with Crippen molar-refractivity contribution < 1.29 is 50.5 Å². The second kappa shape index (κ2) is 65.9. The molecule has 0 bridgehead atoms. The molecule has 4 fully saturated rings. The summed E-state index contributed by atoms with van der Waals surface area (Å²) in [6.45, 7) is 7.50. The number of carboxylic acids is 1. The number of hydrogen-bond acceptors (Lipinski definition) is 11. The Kier molecular flexibility index (Phi) is 70.4. The number of piperazine rings is 2. The predicted molar refractivity (Wildman–Crippen MR) is 914 cm³/mol. The van der Waals surface area contributed by atoms with Crippen molar-refractivity contribution in [3.63, 3.8) is 0 Å². The molecule has 1 N–H and O–H groups in total. The molecule has 8 aromatic rings. The average Bonchev–Trinajstić information content (AvgIpc) is 1.61. The maximum atomic E-state index is 15.2. The van der Waals surface area contributed by atoms with Crippen molar-refractivity contribution in [2.75, 3.05) is 82.4 Å². The van der Waals surface area contributed by atoms with Crippen LogP contribution in [0.15, 0.2) is 82.1 Å². The molecule has 4 aromatic carbocycles. The van der Waals surface area contributed by atoms with Crippen LogP contribution in [0, 0.1) is 11.6 Å². The minimum atomic E-state index is -1.06. The van der Waals surface area contributed by atoms with Crippen molar-refractivity contribution in [2.24, 2.45) is 14.1 Å². The Labute approximate surface area is 1030 Å². The Hall–Kier alpha value is 26.7. The second-order valence-corrected chi connectivity index (χ2v) is 1070. The molecular formula is C57H56Cl4F2I45N8O6-. The molecule has 0 spiro atoms. The second-order valence-electron chi connectivity index (χ2n) is 23.8. The Morgan fingerprint density at radius 3 is 1.05 bits per heavy atom. The number of ether oxygens (including phenoxy) is 1. The van der Waals surface area contributed by atoms with E-state index in [0.29, 0.717) is 110 Å². The summed E-state index contributed by atoms with van der Waals surface area (Å²) in [5, 5.41) is 21.4. The van der Waals surface area contributed by atoms with Crippen molar-refractivity contribution in [1.82, 2.24) is 29.2 Å². The van der Waals surface area contributed by atoms with Gasteiger partial charge in [0.25, 0.3) is 0 Å². The predicted octanol–water partition coefficient (Wildman–Crippen LogP) is 48.5. The SMILES string of the molecule is COC(=O)c1cn(C)c2cc(N3CCN(CCc4c(-c5c(Cl)cccc5Cl)noc4C4CC4)CC3)c(F)cc12.Cn1cc(C(=O)O)c2cc(F)c(N3CCN(CCc4c(-c5c(Cl)cccc5Cl)noc4C4CC4)CC3)cc21.I[I-]I(I)I(I)I(I)I(I)I(I)I(I)I(I)I(I)I(I)I(I)I(I)I(I)I(I)I(I)I(I)I(I)I(I)I(I)I(I)I(I)I(I)I. The van der Waals surface area contributed by atoms with Gasteiger partial charge in [-0.1, -0.05) is 68.8 Å². The number of aromatic nitrogens is 4. The van der Waals surface area contributed by atoms with Gasteiger partial charge in [-0.05, 0) is 87.1 Å². The number of carboxylic acid groups (broad SMARTS) is 1. The average molecular weight is 6840 g/mol. The van der Waals surface area contributed by atoms with Gasteiger partial charge in [-0.25, -0.2) is 18.4 Å². The van der Waals surface area contributed by atoms with Crippen LogP contribution in [0.2, 0.25) is 20.1 Å². The summed E-state index contributed by atoms with van der Waals surface area (Å²) in [5.74, 6) is 0.424. The number of esters is 1. The Morgan fingerprint density at radius 2 is 0.762 bits per heavy atom. The molecule has 2 saturated heterocycles. The van der Waals surface area contributed by atoms with Gasteiger partial charge < -0.3 is 37.8 Å². The van der Waals surface area contributed by atoms with Crippen molar-refractivity contribution in [3.05, 3.63) is 139 Å². The first-order chi connectivity index (χ1) is 57.6. The number of anilines is 2. The number of aromatic carboxylic acids is 1. The number of carbonyl (C=O) groups is 2. The van der Waals surface area contributed by atoms with E-state index in [9.17, 15) is 14.7 Å². The molecule has 0 atom stereocenters. The van der Waals surface area contributed by atoms with Gasteiger partial charge >= 0.3 is 619 Å². The van der Waals surface area contributed by atoms with Gasteiger partial charge in [-0.15, -0.1) is 0 Å². The van der Waals surface area contributed by atoms with Crippen LogP contribution in [0.5, 0.6) is 0 Å². The molecule has 2 saturated carbocycles. The summed E-state index contributed by atoms with van der Waals surface area (Å²) < 4.78 is 50.4. The van der Waals surface area contributed by atoms with Gasteiger partial charge in [-0.2, -0.15) is 0 Å². The molecule has 0 amide bonds. The first kappa shape index (κ1) is 130. The number of rotatable bonds is 35. The molecule has 0 unspecified atom stereocenters. The van der Waals surface area contributed by atoms with Gasteiger partial charge in [-0.3, -0.25) is 9.80 Å². The fraction of sp³-hybridized carbons (Fsp3) is 0.368. The number of fused-ring (bicyclic) bond motifs is 2. The van der Waals surface area contributed by atoms with Crippen LogP contribution >= 0.6 is 640 Å². The van der Waals surface area contributed by atoms with Crippen molar-refractivity contribution in [3.8, 4) is 22.5 Å². The Balaban J connectivity index is 0.000000192. The van der Waals surface area contributed by atoms with Crippen molar-refractivity contribution in [1.29, 1.82) is 0 Å². The molecule has 0 radical (unpaired) electrons. The van der Waals surface area contributed by atoms with Crippen LogP contribution in [-0.4, -0.2) is 119 Å². The van der Waals surface area contributed by atoms with E-state index in [4.69, 9.17) is 60.2 Å². The Bertz CT molecular complexity index is 4840. The fourth-order valence-corrected chi connectivity index (χ4v) is 8190. The molecular weight excluding hydrogens is 6780 g/mol. The zero-order valence-corrected chi connectivity index (χ0v) is 160. The number of nitrogens with zero attached hydrogens (tertiary/aromatic N) is 8. The summed E-state index contributed by atoms with van der Waals surface area (Å²) in [5.41, 5.74) is 8.04. The number of benzene rings is 4. The third kappa shape index (κ3) is 37.4. The van der Waals surface area contributed by atoms with E-state index in [1.165, 1.54) is 25.4 Å². The van der Waals surface area contributed by atoms with E-state index in [0.717, 1.165) is 123 Å². The zero-order chi connectivity index (χ0) is 89.6. The number of hydrogen-bond donors (Lipinski definition) is 1. The van der Waals surface area contributed by atoms with Crippen LogP contribution in [-0.2, 0) is 31.7 Å². The van der Waals surface area contributed by atoms with E-state index >= 15 is 8.78 Å². The maximum absolute atomic E-state index is 15.2. The molecule has 2 aliphatic heterocycles. The fourth-order valence-electron chi connectivity index (χ4n) is 11.6. The summed E-state index contributed by atoms with van der Waals surface area (Å²) in [6.07, 6.45) is 9.15. The number of halogens is 51. The molecule has 12 rings (SSSR count). The number of carbonyl (C=O) groups excluding carboxylic acids is 1. The normalized spacial score (nSPS) is 17.2. The standard InChI is InChI=1S/C29H29Cl2FN4O3.C28H27Cl2FN4O3.I45/c1-34-16-20(29(37)38-2)19-14-23(32)25(15-24(19)34)36-12-10-35(11-13-36)9-8-18-27(33-39-28(18)17-6-7-17)26-21(30)4-3-5-22(26)31;1-33-15-19(28(36)37)18-13-22(31)24(14-23(18)33)35-11-9-34(10-12-35)8-7-17-26(32-38-27(17)16-5-6-16)25-20(29)3-2-4-21(25)30;1-24-26(4)28(6)30(8)32(10)34(12)36(14)38(16)40(18)42(20)44(22)45(23)43(21)41(19)39(17)37(15)35(13)33(11)31(9)29(7)27(5)25(2)3/h3-5,14-17H,6-13H2,1-2H3;2-4,13-16H,5-12H2,1H3,(H,36,37);/q;;-1. The van der Waals surface area contributed by atoms with Gasteiger partial charge in [0.2, 0.25) is 0 Å². The molecule has 4 aliphatic rings. The van der Waals surface area contributed by atoms with Gasteiger partial charge in [0.05, 0.1) is 60.7 Å². The summed E-state index contributed by atoms with van der Waals surface area (Å²) in [6, 6.07) is 17.3. The zero-order valence-electron chi connectivity index (χ0n) is 59.7. The molecule has 4 aromatic heterocycles. The monoisotopic (exact) mass is 6840 g/mol. The molecule has 14 nitrogen and oxygen atoms in total. The van der Waals surface area contributed by atoms with E-state index in [2.05, 4.69) is 453 Å². The third-order valence-electron chi connectivity index (χ3n) is 17.1. The van der Waals surface area contributed by atoms with Crippen LogP contribution < -0.4 is 23.1 Å². The van der Waals surface area contributed by atoms with Crippen LogP contribution in [0.25, 0.3) is 44.3 Å². The van der Waals surface area contributed by atoms with Crippen LogP contribution in [0.1, 0.15) is 80.9 Å². The molecule has 2 aliphatic carbocycles. The van der Waals surface area contributed by atoms with Crippen molar-refractivity contribution >= 4 is 685 Å². The molecule has 6 heterocycles. The summed E-state index contributed by atoms with van der Waals surface area (Å²) in [4.78, 5) is 32.5. The first-order valence-electron chi connectivity index (χ1n) is 32.1. The quantitative estimate of drug-likeness (QED) is 0.0299. The van der Waals surface area contributed by atoms with E-state index < -0.39 is 184 Å². The summed E-state index contributed by atoms with van der Waals surface area (Å²) >= 11 is 101. The summed E-state index contributed by atoms with van der Waals surface area (Å²) in [7, 11) is -5.78. The first-order valence-corrected chi connectivity index (χ1v) is 310. The van der Waals surface area contributed by atoms with E-state index in [-0.39, 0.29) is 11.4 Å². The minimum absolute atomic E-state index is 0.106. The third-order valence-corrected chi connectivity index (χ3v) is 3410. The number of methoxy groups -OCH3 is 1. The van der Waals surface area contributed by atoms with Gasteiger partial charge in [0.15, 0.2) is 0 Å². The van der Waals surface area contributed by atoms with E-state index in [1.807, 2.05) is 59.0 Å². The topological polar surface area (TPSA) is 138 Å². The van der Waals surface area contributed by atoms with Gasteiger partial charge in [0, 0.05) is 137 Å². The molecule has 65 heteroatoms. The van der Waals surface area contributed by atoms with Crippen molar-refractivity contribution in [2.45, 2.75) is 50.4 Å². The van der Waals surface area contributed by atoms with E-state index in [1.54, 1.807) is 23.9 Å². The van der Waals surface area contributed by atoms with Crippen LogP contribution in [0.4, 0.5) is 20.2 Å². The van der Waals surface area contributed by atoms with Gasteiger partial charge in [0.1, 0.15) is 34.5 Å². The molecule has 122 heavy (non-hydrogen) atoms. The Morgan fingerprint density at radius 1 is 0.467 bits per heavy atom.